The Morgan fingerprint density at radius 3 is 2.74 bits per heavy atom. The number of carbonyl (C=O) groups is 1. The molecular weight excluding hydrogens is 338 g/mol. The minimum Gasteiger partial charge on any atom is -0.333 e. The molecule has 2 aliphatic rings. The number of carbonyl (C=O) groups excluding carboxylic acids is 1. The molecule has 6 nitrogen and oxygen atoms in total. The van der Waals surface area contributed by atoms with Crippen molar-refractivity contribution in [2.45, 2.75) is 36.7 Å². The molecule has 128 valence electrons. The molecule has 0 radical (unpaired) electrons. The molecule has 1 aliphatic heterocycles. The molecule has 1 heterocycles. The maximum atomic E-state index is 12.6. The van der Waals surface area contributed by atoms with Gasteiger partial charge in [-0.1, -0.05) is 6.07 Å². The van der Waals surface area contributed by atoms with Crippen LogP contribution in [0.1, 0.15) is 30.1 Å². The number of rotatable bonds is 4. The van der Waals surface area contributed by atoms with Gasteiger partial charge in [0.25, 0.3) is 5.91 Å². The van der Waals surface area contributed by atoms with Crippen molar-refractivity contribution in [2.75, 3.05) is 19.6 Å². The summed E-state index contributed by atoms with van der Waals surface area (Å²) in [6.45, 7) is 4.14. The summed E-state index contributed by atoms with van der Waals surface area (Å²) in [5.74, 6) is -0.113. The Hall–Kier alpha value is -1.15. The van der Waals surface area contributed by atoms with E-state index in [1.165, 1.54) is 12.1 Å². The first kappa shape index (κ1) is 18.2. The van der Waals surface area contributed by atoms with Crippen molar-refractivity contribution in [1.29, 1.82) is 0 Å². The van der Waals surface area contributed by atoms with Crippen molar-refractivity contribution < 1.29 is 13.2 Å². The van der Waals surface area contributed by atoms with Gasteiger partial charge in [-0.05, 0) is 38.0 Å². The molecule has 0 aromatic heterocycles. The highest BCUT2D eigenvalue weighted by molar-refractivity contribution is 7.89. The first-order valence-electron chi connectivity index (χ1n) is 7.61. The number of amides is 1. The molecule has 0 spiro atoms. The minimum atomic E-state index is -3.53. The summed E-state index contributed by atoms with van der Waals surface area (Å²) in [6, 6.07) is 6.46. The topological polar surface area (TPSA) is 78.5 Å². The van der Waals surface area contributed by atoms with E-state index in [0.29, 0.717) is 12.1 Å². The standard InChI is InChI=1S/C15H21N3O3S.ClH/c1-11-10-16-7-8-18(11)15(19)12-3-2-4-14(9-12)22(20,21)17-13-5-6-13;/h2-4,9,11,13,16-17H,5-8,10H2,1H3;1H/t11-;/m1./s1. The van der Waals surface area contributed by atoms with Gasteiger partial charge in [0.15, 0.2) is 0 Å². The number of nitrogens with zero attached hydrogens (tertiary/aromatic N) is 1. The molecule has 8 heteroatoms. The highest BCUT2D eigenvalue weighted by atomic mass is 35.5. The van der Waals surface area contributed by atoms with Gasteiger partial charge in [0.05, 0.1) is 4.90 Å². The van der Waals surface area contributed by atoms with Gasteiger partial charge in [-0.3, -0.25) is 4.79 Å². The van der Waals surface area contributed by atoms with Crippen LogP contribution in [-0.2, 0) is 10.0 Å². The van der Waals surface area contributed by atoms with E-state index in [0.717, 1.165) is 25.9 Å². The van der Waals surface area contributed by atoms with Crippen molar-refractivity contribution >= 4 is 28.3 Å². The van der Waals surface area contributed by atoms with Gasteiger partial charge >= 0.3 is 0 Å². The second-order valence-corrected chi connectivity index (χ2v) is 7.69. The third-order valence-electron chi connectivity index (χ3n) is 4.05. The fourth-order valence-electron chi connectivity index (χ4n) is 2.59. The first-order valence-corrected chi connectivity index (χ1v) is 9.10. The van der Waals surface area contributed by atoms with E-state index in [1.54, 1.807) is 17.0 Å². The second kappa shape index (κ2) is 7.17. The quantitative estimate of drug-likeness (QED) is 0.840. The molecule has 23 heavy (non-hydrogen) atoms. The van der Waals surface area contributed by atoms with Gasteiger partial charge < -0.3 is 10.2 Å². The lowest BCUT2D eigenvalue weighted by molar-refractivity contribution is 0.0655. The van der Waals surface area contributed by atoms with E-state index < -0.39 is 10.0 Å². The van der Waals surface area contributed by atoms with Crippen LogP contribution in [0.25, 0.3) is 0 Å². The maximum absolute atomic E-state index is 12.6. The van der Waals surface area contributed by atoms with Crippen molar-refractivity contribution in [3.05, 3.63) is 29.8 Å². The molecule has 3 rings (SSSR count). The summed E-state index contributed by atoms with van der Waals surface area (Å²) in [7, 11) is -3.53. The van der Waals surface area contributed by atoms with Gasteiger partial charge in [0, 0.05) is 37.3 Å². The fourth-order valence-corrected chi connectivity index (χ4v) is 3.94. The zero-order chi connectivity index (χ0) is 15.7. The normalized spacial score (nSPS) is 21.6. The van der Waals surface area contributed by atoms with Gasteiger partial charge in [-0.15, -0.1) is 12.4 Å². The number of halogens is 1. The Morgan fingerprint density at radius 1 is 1.35 bits per heavy atom. The lowest BCUT2D eigenvalue weighted by atomic mass is 10.1. The van der Waals surface area contributed by atoms with Crippen molar-refractivity contribution in [1.82, 2.24) is 14.9 Å². The number of benzene rings is 1. The van der Waals surface area contributed by atoms with Crippen LogP contribution in [0, 0.1) is 0 Å². The molecule has 1 saturated carbocycles. The van der Waals surface area contributed by atoms with Crippen molar-refractivity contribution in [2.24, 2.45) is 0 Å². The van der Waals surface area contributed by atoms with Crippen molar-refractivity contribution in [3.63, 3.8) is 0 Å². The average Bonchev–Trinajstić information content (AvgIpc) is 3.30. The Balaban J connectivity index is 0.00000192. The molecule has 1 aromatic rings. The Morgan fingerprint density at radius 2 is 2.09 bits per heavy atom. The van der Waals surface area contributed by atoms with Crippen LogP contribution in [0.5, 0.6) is 0 Å². The van der Waals surface area contributed by atoms with Crippen LogP contribution in [0.15, 0.2) is 29.2 Å². The van der Waals surface area contributed by atoms with Gasteiger partial charge in [-0.2, -0.15) is 0 Å². The maximum Gasteiger partial charge on any atom is 0.254 e. The Labute approximate surface area is 143 Å². The van der Waals surface area contributed by atoms with E-state index >= 15 is 0 Å². The molecule has 1 aromatic carbocycles. The second-order valence-electron chi connectivity index (χ2n) is 5.98. The smallest absolute Gasteiger partial charge is 0.254 e. The van der Waals surface area contributed by atoms with E-state index in [-0.39, 0.29) is 35.3 Å². The molecule has 1 atom stereocenters. The lowest BCUT2D eigenvalue weighted by Crippen LogP contribution is -2.52. The molecule has 1 saturated heterocycles. The van der Waals surface area contributed by atoms with Crippen LogP contribution in [0.4, 0.5) is 0 Å². The van der Waals surface area contributed by atoms with Gasteiger partial charge in [-0.25, -0.2) is 13.1 Å². The highest BCUT2D eigenvalue weighted by Crippen LogP contribution is 2.23. The van der Waals surface area contributed by atoms with E-state index in [1.807, 2.05) is 6.92 Å². The number of nitrogens with one attached hydrogen (secondary N) is 2. The molecular formula is C15H22ClN3O3S. The number of hydrogen-bond donors (Lipinski definition) is 2. The molecule has 0 bridgehead atoms. The molecule has 2 fully saturated rings. The van der Waals surface area contributed by atoms with Gasteiger partial charge in [0.2, 0.25) is 10.0 Å². The van der Waals surface area contributed by atoms with Crippen LogP contribution < -0.4 is 10.0 Å². The van der Waals surface area contributed by atoms with E-state index in [4.69, 9.17) is 0 Å². The predicted octanol–water partition coefficient (Wildman–Crippen LogP) is 0.983. The zero-order valence-corrected chi connectivity index (χ0v) is 14.6. The highest BCUT2D eigenvalue weighted by Gasteiger charge is 2.29. The summed E-state index contributed by atoms with van der Waals surface area (Å²) in [6.07, 6.45) is 1.77. The number of hydrogen-bond acceptors (Lipinski definition) is 4. The van der Waals surface area contributed by atoms with E-state index in [2.05, 4.69) is 10.0 Å². The number of sulfonamides is 1. The molecule has 0 unspecified atom stereocenters. The third kappa shape index (κ3) is 4.23. The monoisotopic (exact) mass is 359 g/mol. The third-order valence-corrected chi connectivity index (χ3v) is 5.57. The number of piperazine rings is 1. The van der Waals surface area contributed by atoms with Crippen molar-refractivity contribution in [3.8, 4) is 0 Å². The fraction of sp³-hybridized carbons (Fsp3) is 0.533. The molecule has 1 aliphatic carbocycles. The minimum absolute atomic E-state index is 0. The summed E-state index contributed by atoms with van der Waals surface area (Å²) in [5.41, 5.74) is 0.424. The SMILES string of the molecule is C[C@@H]1CNCCN1C(=O)c1cccc(S(=O)(=O)NC2CC2)c1.Cl. The molecule has 2 N–H and O–H groups in total. The van der Waals surface area contributed by atoms with Crippen LogP contribution >= 0.6 is 12.4 Å². The first-order chi connectivity index (χ1) is 10.5. The van der Waals surface area contributed by atoms with E-state index in [9.17, 15) is 13.2 Å². The Kier molecular flexibility index (Phi) is 5.67. The van der Waals surface area contributed by atoms with Gasteiger partial charge in [0.1, 0.15) is 0 Å². The average molecular weight is 360 g/mol. The van der Waals surface area contributed by atoms with Crippen LogP contribution in [0.2, 0.25) is 0 Å². The lowest BCUT2D eigenvalue weighted by Gasteiger charge is -2.34. The summed E-state index contributed by atoms with van der Waals surface area (Å²) >= 11 is 0. The van der Waals surface area contributed by atoms with Crippen LogP contribution in [0.3, 0.4) is 0 Å². The zero-order valence-electron chi connectivity index (χ0n) is 13.0. The van der Waals surface area contributed by atoms with Crippen LogP contribution in [-0.4, -0.2) is 50.9 Å². The summed E-state index contributed by atoms with van der Waals surface area (Å²) < 4.78 is 27.1. The summed E-state index contributed by atoms with van der Waals surface area (Å²) in [4.78, 5) is 14.6. The summed E-state index contributed by atoms with van der Waals surface area (Å²) in [5, 5.41) is 3.24. The molecule has 1 amide bonds. The largest absolute Gasteiger partial charge is 0.333 e. The Bertz CT molecular complexity index is 676. The predicted molar refractivity (Wildman–Crippen MR) is 90.4 cm³/mol.